The zero-order valence-electron chi connectivity index (χ0n) is 10.9. The van der Waals surface area contributed by atoms with Crippen LogP contribution in [0.4, 0.5) is 5.69 Å². The van der Waals surface area contributed by atoms with Crippen LogP contribution in [0.2, 0.25) is 0 Å². The third kappa shape index (κ3) is 3.27. The molecule has 0 bridgehead atoms. The molecule has 0 saturated carbocycles. The molecule has 2 aromatic rings. The maximum absolute atomic E-state index is 5.14. The number of hydrogen-bond donors (Lipinski definition) is 1. The molecule has 0 radical (unpaired) electrons. The molecule has 0 aliphatic carbocycles. The third-order valence-electron chi connectivity index (χ3n) is 2.99. The summed E-state index contributed by atoms with van der Waals surface area (Å²) in [7, 11) is 1.68. The molecule has 2 nitrogen and oxygen atoms in total. The van der Waals surface area contributed by atoms with Crippen molar-refractivity contribution < 1.29 is 4.74 Å². The van der Waals surface area contributed by atoms with Gasteiger partial charge in [0, 0.05) is 12.2 Å². The van der Waals surface area contributed by atoms with Crippen LogP contribution in [0.25, 0.3) is 0 Å². The third-order valence-corrected chi connectivity index (χ3v) is 2.99. The molecule has 0 atom stereocenters. The first kappa shape index (κ1) is 12.5. The minimum atomic E-state index is 0.831. The zero-order chi connectivity index (χ0) is 12.8. The smallest absolute Gasteiger partial charge is 0.118 e. The average Bonchev–Trinajstić information content (AvgIpc) is 2.46. The summed E-state index contributed by atoms with van der Waals surface area (Å²) in [5.41, 5.74) is 3.78. The minimum absolute atomic E-state index is 0.831. The molecule has 0 amide bonds. The summed E-state index contributed by atoms with van der Waals surface area (Å²) < 4.78 is 5.14. The van der Waals surface area contributed by atoms with Crippen molar-refractivity contribution >= 4 is 5.69 Å². The largest absolute Gasteiger partial charge is 0.497 e. The lowest BCUT2D eigenvalue weighted by Crippen LogP contribution is -1.99. The SMILES string of the molecule is CCc1cccc(NCc2ccc(OC)cc2)c1. The number of methoxy groups -OCH3 is 1. The Bertz CT molecular complexity index is 491. The molecule has 0 saturated heterocycles. The van der Waals surface area contributed by atoms with Crippen molar-refractivity contribution in [3.8, 4) is 5.75 Å². The Morgan fingerprint density at radius 3 is 2.44 bits per heavy atom. The molecule has 0 aliphatic heterocycles. The second kappa shape index (κ2) is 6.10. The molecule has 2 rings (SSSR count). The van der Waals surface area contributed by atoms with Crippen molar-refractivity contribution in [1.82, 2.24) is 0 Å². The summed E-state index contributed by atoms with van der Waals surface area (Å²) in [6.45, 7) is 3.00. The zero-order valence-corrected chi connectivity index (χ0v) is 10.9. The van der Waals surface area contributed by atoms with Gasteiger partial charge in [-0.05, 0) is 41.8 Å². The van der Waals surface area contributed by atoms with Crippen molar-refractivity contribution in [3.05, 3.63) is 59.7 Å². The van der Waals surface area contributed by atoms with Gasteiger partial charge in [-0.3, -0.25) is 0 Å². The van der Waals surface area contributed by atoms with E-state index >= 15 is 0 Å². The summed E-state index contributed by atoms with van der Waals surface area (Å²) in [6, 6.07) is 16.7. The van der Waals surface area contributed by atoms with Gasteiger partial charge in [-0.25, -0.2) is 0 Å². The lowest BCUT2D eigenvalue weighted by molar-refractivity contribution is 0.414. The number of aryl methyl sites for hydroxylation is 1. The molecule has 0 spiro atoms. The second-order valence-corrected chi connectivity index (χ2v) is 4.26. The summed E-state index contributed by atoms with van der Waals surface area (Å²) in [6.07, 6.45) is 1.07. The van der Waals surface area contributed by atoms with E-state index in [4.69, 9.17) is 4.74 Å². The van der Waals surface area contributed by atoms with Gasteiger partial charge in [-0.2, -0.15) is 0 Å². The maximum Gasteiger partial charge on any atom is 0.118 e. The molecule has 18 heavy (non-hydrogen) atoms. The molecule has 0 unspecified atom stereocenters. The van der Waals surface area contributed by atoms with Gasteiger partial charge >= 0.3 is 0 Å². The van der Waals surface area contributed by atoms with Crippen molar-refractivity contribution in [2.45, 2.75) is 19.9 Å². The standard InChI is InChI=1S/C16H19NO/c1-3-13-5-4-6-15(11-13)17-12-14-7-9-16(18-2)10-8-14/h4-11,17H,3,12H2,1-2H3. The van der Waals surface area contributed by atoms with E-state index in [0.717, 1.165) is 18.7 Å². The first-order valence-electron chi connectivity index (χ1n) is 6.27. The van der Waals surface area contributed by atoms with Crippen molar-refractivity contribution in [3.63, 3.8) is 0 Å². The fraction of sp³-hybridized carbons (Fsp3) is 0.250. The van der Waals surface area contributed by atoms with Gasteiger partial charge < -0.3 is 10.1 Å². The highest BCUT2D eigenvalue weighted by molar-refractivity contribution is 5.46. The van der Waals surface area contributed by atoms with Gasteiger partial charge in [0.1, 0.15) is 5.75 Å². The van der Waals surface area contributed by atoms with Crippen LogP contribution in [0.15, 0.2) is 48.5 Å². The van der Waals surface area contributed by atoms with Crippen LogP contribution in [0, 0.1) is 0 Å². The number of rotatable bonds is 5. The molecule has 0 heterocycles. The fourth-order valence-corrected chi connectivity index (χ4v) is 1.85. The number of anilines is 1. The number of ether oxygens (including phenoxy) is 1. The topological polar surface area (TPSA) is 21.3 Å². The van der Waals surface area contributed by atoms with E-state index in [2.05, 4.69) is 48.6 Å². The van der Waals surface area contributed by atoms with Crippen LogP contribution >= 0.6 is 0 Å². The fourth-order valence-electron chi connectivity index (χ4n) is 1.85. The highest BCUT2D eigenvalue weighted by Gasteiger charge is 1.96. The Kier molecular flexibility index (Phi) is 4.24. The Morgan fingerprint density at radius 2 is 1.78 bits per heavy atom. The van der Waals surface area contributed by atoms with Gasteiger partial charge in [0.05, 0.1) is 7.11 Å². The number of hydrogen-bond acceptors (Lipinski definition) is 2. The quantitative estimate of drug-likeness (QED) is 0.858. The van der Waals surface area contributed by atoms with Gasteiger partial charge in [-0.15, -0.1) is 0 Å². The van der Waals surface area contributed by atoms with Gasteiger partial charge in [0.25, 0.3) is 0 Å². The van der Waals surface area contributed by atoms with E-state index < -0.39 is 0 Å². The lowest BCUT2D eigenvalue weighted by atomic mass is 10.1. The predicted octanol–water partition coefficient (Wildman–Crippen LogP) is 3.87. The summed E-state index contributed by atoms with van der Waals surface area (Å²) in [4.78, 5) is 0. The highest BCUT2D eigenvalue weighted by Crippen LogP contribution is 2.15. The molecule has 0 fully saturated rings. The minimum Gasteiger partial charge on any atom is -0.497 e. The Hall–Kier alpha value is -1.96. The van der Waals surface area contributed by atoms with Crippen LogP contribution in [0.3, 0.4) is 0 Å². The van der Waals surface area contributed by atoms with E-state index in [-0.39, 0.29) is 0 Å². The average molecular weight is 241 g/mol. The molecule has 1 N–H and O–H groups in total. The Labute approximate surface area is 109 Å². The van der Waals surface area contributed by atoms with E-state index in [1.165, 1.54) is 16.8 Å². The van der Waals surface area contributed by atoms with Crippen LogP contribution in [-0.2, 0) is 13.0 Å². The monoisotopic (exact) mass is 241 g/mol. The Morgan fingerprint density at radius 1 is 1.00 bits per heavy atom. The number of nitrogens with one attached hydrogen (secondary N) is 1. The lowest BCUT2D eigenvalue weighted by Gasteiger charge is -2.08. The van der Waals surface area contributed by atoms with Gasteiger partial charge in [-0.1, -0.05) is 31.2 Å². The number of benzene rings is 2. The van der Waals surface area contributed by atoms with E-state index in [9.17, 15) is 0 Å². The molecule has 0 aromatic heterocycles. The van der Waals surface area contributed by atoms with Crippen molar-refractivity contribution in [1.29, 1.82) is 0 Å². The molecule has 2 aromatic carbocycles. The second-order valence-electron chi connectivity index (χ2n) is 4.26. The van der Waals surface area contributed by atoms with Crippen LogP contribution in [0.5, 0.6) is 5.75 Å². The Balaban J connectivity index is 1.97. The summed E-state index contributed by atoms with van der Waals surface area (Å²) in [5, 5.41) is 3.43. The van der Waals surface area contributed by atoms with Gasteiger partial charge in [0.2, 0.25) is 0 Å². The molecule has 0 aliphatic rings. The first-order valence-corrected chi connectivity index (χ1v) is 6.27. The molecular formula is C16H19NO. The highest BCUT2D eigenvalue weighted by atomic mass is 16.5. The van der Waals surface area contributed by atoms with Crippen LogP contribution in [0.1, 0.15) is 18.1 Å². The maximum atomic E-state index is 5.14. The van der Waals surface area contributed by atoms with E-state index in [0.29, 0.717) is 0 Å². The van der Waals surface area contributed by atoms with Crippen molar-refractivity contribution in [2.24, 2.45) is 0 Å². The summed E-state index contributed by atoms with van der Waals surface area (Å²) >= 11 is 0. The predicted molar refractivity (Wildman–Crippen MR) is 76.1 cm³/mol. The van der Waals surface area contributed by atoms with Gasteiger partial charge in [0.15, 0.2) is 0 Å². The molecule has 94 valence electrons. The summed E-state index contributed by atoms with van der Waals surface area (Å²) in [5.74, 6) is 0.895. The molecular weight excluding hydrogens is 222 g/mol. The normalized spacial score (nSPS) is 10.1. The molecule has 2 heteroatoms. The first-order chi connectivity index (χ1) is 8.81. The van der Waals surface area contributed by atoms with Crippen LogP contribution in [-0.4, -0.2) is 7.11 Å². The van der Waals surface area contributed by atoms with E-state index in [1.807, 2.05) is 12.1 Å². The van der Waals surface area contributed by atoms with E-state index in [1.54, 1.807) is 7.11 Å². The van der Waals surface area contributed by atoms with Crippen LogP contribution < -0.4 is 10.1 Å². The van der Waals surface area contributed by atoms with Crippen molar-refractivity contribution in [2.75, 3.05) is 12.4 Å².